The highest BCUT2D eigenvalue weighted by molar-refractivity contribution is 5.99. The normalized spacial score (nSPS) is 9.72. The minimum atomic E-state index is -0.514. The van der Waals surface area contributed by atoms with Gasteiger partial charge in [-0.2, -0.15) is 0 Å². The van der Waals surface area contributed by atoms with E-state index >= 15 is 0 Å². The second-order valence-corrected chi connectivity index (χ2v) is 3.62. The summed E-state index contributed by atoms with van der Waals surface area (Å²) in [5.41, 5.74) is 0.228. The molecule has 1 aromatic carbocycles. The quantitative estimate of drug-likeness (QED) is 0.465. The van der Waals surface area contributed by atoms with Crippen LogP contribution in [0.5, 0.6) is 11.5 Å². The number of rotatable bonds is 4. The van der Waals surface area contributed by atoms with E-state index in [9.17, 15) is 14.4 Å². The summed E-state index contributed by atoms with van der Waals surface area (Å²) < 4.78 is 9.81. The maximum atomic E-state index is 11.7. The van der Waals surface area contributed by atoms with Crippen molar-refractivity contribution in [1.29, 1.82) is 0 Å². The first-order valence-electron chi connectivity index (χ1n) is 5.48. The molecule has 1 rings (SSSR count). The lowest BCUT2D eigenvalue weighted by Crippen LogP contribution is -2.08. The van der Waals surface area contributed by atoms with Gasteiger partial charge in [0.05, 0.1) is 5.56 Å². The third-order valence-corrected chi connectivity index (χ3v) is 2.09. The molecule has 0 aliphatic carbocycles. The number of ketones is 1. The zero-order chi connectivity index (χ0) is 13.7. The molecule has 0 unspecified atom stereocenters. The summed E-state index contributed by atoms with van der Waals surface area (Å²) in [4.78, 5) is 33.5. The smallest absolute Gasteiger partial charge is 0.308 e. The zero-order valence-corrected chi connectivity index (χ0v) is 10.5. The Hall–Kier alpha value is -2.17. The summed E-state index contributed by atoms with van der Waals surface area (Å²) in [6, 6.07) is 4.29. The molecule has 1 aromatic rings. The van der Waals surface area contributed by atoms with Crippen molar-refractivity contribution in [1.82, 2.24) is 0 Å². The van der Waals surface area contributed by atoms with E-state index in [0.717, 1.165) is 0 Å². The number of carbonyl (C=O) groups excluding carboxylic acids is 3. The van der Waals surface area contributed by atoms with Crippen molar-refractivity contribution in [2.24, 2.45) is 0 Å². The largest absolute Gasteiger partial charge is 0.427 e. The highest BCUT2D eigenvalue weighted by Gasteiger charge is 2.14. The van der Waals surface area contributed by atoms with Gasteiger partial charge in [-0.1, -0.05) is 6.92 Å². The monoisotopic (exact) mass is 250 g/mol. The van der Waals surface area contributed by atoms with Crippen molar-refractivity contribution < 1.29 is 23.9 Å². The van der Waals surface area contributed by atoms with Crippen LogP contribution >= 0.6 is 0 Å². The van der Waals surface area contributed by atoms with Crippen LogP contribution in [0.15, 0.2) is 18.2 Å². The van der Waals surface area contributed by atoms with Crippen molar-refractivity contribution in [3.63, 3.8) is 0 Å². The number of ether oxygens (including phenoxy) is 2. The minimum Gasteiger partial charge on any atom is -0.427 e. The Labute approximate surface area is 105 Å². The minimum absolute atomic E-state index is 0.172. The van der Waals surface area contributed by atoms with Gasteiger partial charge in [0, 0.05) is 20.3 Å². The average Bonchev–Trinajstić information content (AvgIpc) is 2.28. The Bertz CT molecular complexity index is 490. The topological polar surface area (TPSA) is 69.7 Å². The lowest BCUT2D eigenvalue weighted by atomic mass is 10.1. The van der Waals surface area contributed by atoms with E-state index < -0.39 is 11.9 Å². The van der Waals surface area contributed by atoms with Gasteiger partial charge < -0.3 is 9.47 Å². The number of carbonyl (C=O) groups is 3. The van der Waals surface area contributed by atoms with Crippen molar-refractivity contribution in [3.8, 4) is 11.5 Å². The maximum absolute atomic E-state index is 11.7. The van der Waals surface area contributed by atoms with Crippen LogP contribution in [0.1, 0.15) is 37.6 Å². The highest BCUT2D eigenvalue weighted by atomic mass is 16.5. The summed E-state index contributed by atoms with van der Waals surface area (Å²) in [5.74, 6) is -0.772. The predicted molar refractivity (Wildman–Crippen MR) is 63.7 cm³/mol. The molecule has 5 nitrogen and oxygen atoms in total. The van der Waals surface area contributed by atoms with Crippen LogP contribution in [0.2, 0.25) is 0 Å². The molecule has 96 valence electrons. The van der Waals surface area contributed by atoms with Crippen LogP contribution in [0.25, 0.3) is 0 Å². The molecule has 0 aliphatic heterocycles. The summed E-state index contributed by atoms with van der Waals surface area (Å²) >= 11 is 0. The fourth-order valence-corrected chi connectivity index (χ4v) is 1.39. The SMILES string of the molecule is CCC(=O)c1cc(OC(C)=O)ccc1OC(C)=O. The van der Waals surface area contributed by atoms with E-state index in [4.69, 9.17) is 9.47 Å². The molecular formula is C13H14O5. The fourth-order valence-electron chi connectivity index (χ4n) is 1.39. The van der Waals surface area contributed by atoms with Crippen LogP contribution in [0.4, 0.5) is 0 Å². The van der Waals surface area contributed by atoms with E-state index in [1.54, 1.807) is 6.92 Å². The maximum Gasteiger partial charge on any atom is 0.308 e. The standard InChI is InChI=1S/C13H14O5/c1-4-12(16)11-7-10(17-8(2)14)5-6-13(11)18-9(3)15/h5-7H,4H2,1-3H3. The van der Waals surface area contributed by atoms with Crippen molar-refractivity contribution in [2.75, 3.05) is 0 Å². The second-order valence-electron chi connectivity index (χ2n) is 3.62. The average molecular weight is 250 g/mol. The third kappa shape index (κ3) is 3.69. The Morgan fingerprint density at radius 1 is 1.06 bits per heavy atom. The van der Waals surface area contributed by atoms with Gasteiger partial charge in [-0.25, -0.2) is 0 Å². The van der Waals surface area contributed by atoms with Gasteiger partial charge in [0.15, 0.2) is 5.78 Å². The second kappa shape index (κ2) is 5.95. The first-order chi connectivity index (χ1) is 8.43. The molecule has 0 aromatic heterocycles. The third-order valence-electron chi connectivity index (χ3n) is 2.09. The molecule has 18 heavy (non-hydrogen) atoms. The van der Waals surface area contributed by atoms with Gasteiger partial charge in [0.25, 0.3) is 0 Å². The summed E-state index contributed by atoms with van der Waals surface area (Å²) in [6.45, 7) is 4.21. The first-order valence-corrected chi connectivity index (χ1v) is 5.48. The van der Waals surface area contributed by atoms with Crippen LogP contribution < -0.4 is 9.47 Å². The molecule has 5 heteroatoms. The molecule has 0 saturated heterocycles. The van der Waals surface area contributed by atoms with Gasteiger partial charge in [-0.15, -0.1) is 0 Å². The summed E-state index contributed by atoms with van der Waals surface area (Å²) in [6.07, 6.45) is 0.262. The molecule has 0 aliphatic rings. The van der Waals surface area contributed by atoms with Gasteiger partial charge in [-0.05, 0) is 18.2 Å². The Morgan fingerprint density at radius 2 is 1.67 bits per heavy atom. The molecule has 0 radical (unpaired) electrons. The Balaban J connectivity index is 3.15. The molecule has 0 amide bonds. The van der Waals surface area contributed by atoms with Crippen molar-refractivity contribution in [3.05, 3.63) is 23.8 Å². The van der Waals surface area contributed by atoms with Gasteiger partial charge in [0.1, 0.15) is 11.5 Å². The molecule has 0 fully saturated rings. The molecule has 0 atom stereocenters. The van der Waals surface area contributed by atoms with E-state index in [1.165, 1.54) is 32.0 Å². The number of hydrogen-bond acceptors (Lipinski definition) is 5. The molecule has 0 saturated carbocycles. The first kappa shape index (κ1) is 13.9. The van der Waals surface area contributed by atoms with Crippen LogP contribution in [-0.4, -0.2) is 17.7 Å². The van der Waals surface area contributed by atoms with Crippen LogP contribution in [0, 0.1) is 0 Å². The van der Waals surface area contributed by atoms with E-state index in [0.29, 0.717) is 0 Å². The van der Waals surface area contributed by atoms with E-state index in [1.807, 2.05) is 0 Å². The lowest BCUT2D eigenvalue weighted by molar-refractivity contribution is -0.133. The van der Waals surface area contributed by atoms with Crippen molar-refractivity contribution >= 4 is 17.7 Å². The van der Waals surface area contributed by atoms with Gasteiger partial charge in [-0.3, -0.25) is 14.4 Å². The van der Waals surface area contributed by atoms with E-state index in [2.05, 4.69) is 0 Å². The molecule has 0 bridgehead atoms. The zero-order valence-electron chi connectivity index (χ0n) is 10.5. The number of benzene rings is 1. The summed E-state index contributed by atoms with van der Waals surface area (Å²) in [5, 5.41) is 0. The molecule has 0 N–H and O–H groups in total. The number of hydrogen-bond donors (Lipinski definition) is 0. The number of Topliss-reactive ketones (excluding diaryl/α,β-unsaturated/α-hetero) is 1. The highest BCUT2D eigenvalue weighted by Crippen LogP contribution is 2.26. The Morgan fingerprint density at radius 3 is 2.17 bits per heavy atom. The summed E-state index contributed by atoms with van der Waals surface area (Å²) in [7, 11) is 0. The fraction of sp³-hybridized carbons (Fsp3) is 0.308. The lowest BCUT2D eigenvalue weighted by Gasteiger charge is -2.09. The van der Waals surface area contributed by atoms with E-state index in [-0.39, 0.29) is 29.3 Å². The van der Waals surface area contributed by atoms with Crippen molar-refractivity contribution in [2.45, 2.75) is 27.2 Å². The molecular weight excluding hydrogens is 236 g/mol. The van der Waals surface area contributed by atoms with Crippen LogP contribution in [0.3, 0.4) is 0 Å². The molecule has 0 spiro atoms. The Kier molecular flexibility index (Phi) is 4.59. The van der Waals surface area contributed by atoms with Gasteiger partial charge in [0.2, 0.25) is 0 Å². The van der Waals surface area contributed by atoms with Crippen LogP contribution in [-0.2, 0) is 9.59 Å². The number of esters is 2. The predicted octanol–water partition coefficient (Wildman–Crippen LogP) is 2.13. The molecule has 0 heterocycles. The van der Waals surface area contributed by atoms with Gasteiger partial charge >= 0.3 is 11.9 Å².